The molecule has 94 heavy (non-hydrogen) atoms. The van der Waals surface area contributed by atoms with Crippen LogP contribution in [0.2, 0.25) is 0 Å². The van der Waals surface area contributed by atoms with Crippen molar-refractivity contribution in [2.45, 2.75) is 285 Å². The van der Waals surface area contributed by atoms with Gasteiger partial charge < -0.3 is 28.4 Å². The molecule has 5 aromatic carbocycles. The third-order valence-electron chi connectivity index (χ3n) is 17.9. The van der Waals surface area contributed by atoms with Crippen molar-refractivity contribution in [1.82, 2.24) is 9.97 Å². The van der Waals surface area contributed by atoms with Crippen molar-refractivity contribution in [1.29, 1.82) is 0 Å². The summed E-state index contributed by atoms with van der Waals surface area (Å²) in [5.41, 5.74) is 4.48. The maximum absolute atomic E-state index is 13.7. The third-order valence-corrected chi connectivity index (χ3v) is 20.0. The van der Waals surface area contributed by atoms with E-state index in [0.29, 0.717) is 72.1 Å². The molecule has 2 heterocycles. The Morgan fingerprint density at radius 2 is 0.553 bits per heavy atom. The van der Waals surface area contributed by atoms with Crippen LogP contribution in [0.5, 0.6) is 34.5 Å². The molecule has 10 nitrogen and oxygen atoms in total. The Hall–Kier alpha value is -5.98. The fourth-order valence-corrected chi connectivity index (χ4v) is 14.1. The van der Waals surface area contributed by atoms with Gasteiger partial charge in [0.15, 0.2) is 23.0 Å². The number of esters is 2. The van der Waals surface area contributed by atoms with E-state index >= 15 is 0 Å². The van der Waals surface area contributed by atoms with Gasteiger partial charge in [-0.2, -0.15) is 0 Å². The molecule has 2 aromatic heterocycles. The second-order valence-corrected chi connectivity index (χ2v) is 28.2. The molecule has 514 valence electrons. The second kappa shape index (κ2) is 46.2. The van der Waals surface area contributed by atoms with Crippen molar-refractivity contribution in [3.8, 4) is 55.6 Å². The third kappa shape index (κ3) is 28.4. The molecule has 0 aliphatic rings. The van der Waals surface area contributed by atoms with Gasteiger partial charge in [0.2, 0.25) is 0 Å². The second-order valence-electron chi connectivity index (χ2n) is 26.1. The van der Waals surface area contributed by atoms with Gasteiger partial charge in [0, 0.05) is 11.1 Å². The Morgan fingerprint density at radius 1 is 0.298 bits per heavy atom. The minimum Gasteiger partial charge on any atom is -0.490 e. The molecule has 0 amide bonds. The van der Waals surface area contributed by atoms with Crippen molar-refractivity contribution in [3.05, 3.63) is 108 Å². The molecule has 0 saturated carbocycles. The summed E-state index contributed by atoms with van der Waals surface area (Å²) in [6, 6.07) is 30.1. The van der Waals surface area contributed by atoms with Gasteiger partial charge >= 0.3 is 11.9 Å². The summed E-state index contributed by atoms with van der Waals surface area (Å²) in [4.78, 5) is 37.4. The largest absolute Gasteiger partial charge is 0.490 e. The lowest BCUT2D eigenvalue weighted by Gasteiger charge is -2.14. The van der Waals surface area contributed by atoms with Gasteiger partial charge in [-0.25, -0.2) is 19.6 Å². The summed E-state index contributed by atoms with van der Waals surface area (Å²) in [6.07, 6.45) is 50.5. The van der Waals surface area contributed by atoms with Crippen LogP contribution in [-0.4, -0.2) is 48.3 Å². The molecule has 0 atom stereocenters. The Morgan fingerprint density at radius 3 is 0.830 bits per heavy atom. The summed E-state index contributed by atoms with van der Waals surface area (Å²) in [5, 5.41) is 1.73. The Kier molecular flexibility index (Phi) is 37.1. The summed E-state index contributed by atoms with van der Waals surface area (Å²) >= 11 is 3.20. The Bertz CT molecular complexity index is 2910. The molecule has 0 bridgehead atoms. The van der Waals surface area contributed by atoms with Crippen LogP contribution in [0.1, 0.15) is 305 Å². The minimum atomic E-state index is -0.449. The number of hydrogen-bond acceptors (Lipinski definition) is 12. The van der Waals surface area contributed by atoms with E-state index < -0.39 is 11.9 Å². The minimum absolute atomic E-state index is 0.418. The fourth-order valence-electron chi connectivity index (χ4n) is 12.1. The number of rotatable bonds is 54. The van der Waals surface area contributed by atoms with E-state index in [2.05, 4.69) is 39.8 Å². The molecular weight excluding hydrogens is 1210 g/mol. The molecule has 0 spiro atoms. The molecule has 0 N–H and O–H groups in total. The van der Waals surface area contributed by atoms with Crippen LogP contribution >= 0.6 is 22.7 Å². The van der Waals surface area contributed by atoms with Crippen molar-refractivity contribution >= 4 is 55.0 Å². The lowest BCUT2D eigenvalue weighted by Crippen LogP contribution is -2.10. The first-order valence-corrected chi connectivity index (χ1v) is 39.1. The average molecular weight is 1320 g/mol. The van der Waals surface area contributed by atoms with Crippen LogP contribution in [0.4, 0.5) is 0 Å². The van der Waals surface area contributed by atoms with E-state index in [4.69, 9.17) is 38.4 Å². The molecule has 0 unspecified atom stereocenters. The van der Waals surface area contributed by atoms with Crippen molar-refractivity contribution in [3.63, 3.8) is 0 Å². The summed E-state index contributed by atoms with van der Waals surface area (Å²) in [7, 11) is 0. The van der Waals surface area contributed by atoms with Crippen LogP contribution in [-0.2, 0) is 0 Å². The first-order valence-electron chi connectivity index (χ1n) is 37.5. The first-order chi connectivity index (χ1) is 46.3. The highest BCUT2D eigenvalue weighted by Gasteiger charge is 2.19. The molecule has 7 aromatic rings. The van der Waals surface area contributed by atoms with Crippen LogP contribution in [0, 0.1) is 0 Å². The SMILES string of the molecule is CCCCCCCCCCCCOc1ccc(C(=O)Oc2ccc(-c3nc4cc5sc(-c6ccc(OC(=O)c7ccc(OCCCCCCCCCCCC)c(OCCCCCCCCCCCC)c7)cc6)nc5cc4s3)cc2)cc1OCCCCCCCCCCCC. The maximum atomic E-state index is 13.7. The van der Waals surface area contributed by atoms with E-state index in [1.807, 2.05) is 60.7 Å². The van der Waals surface area contributed by atoms with Gasteiger partial charge in [-0.3, -0.25) is 0 Å². The van der Waals surface area contributed by atoms with E-state index in [0.717, 1.165) is 92.9 Å². The van der Waals surface area contributed by atoms with Gasteiger partial charge in [0.05, 0.1) is 58.0 Å². The van der Waals surface area contributed by atoms with Gasteiger partial charge in [0.25, 0.3) is 0 Å². The van der Waals surface area contributed by atoms with E-state index in [1.54, 1.807) is 46.9 Å². The van der Waals surface area contributed by atoms with Crippen LogP contribution in [0.25, 0.3) is 41.6 Å². The van der Waals surface area contributed by atoms with Crippen LogP contribution in [0.3, 0.4) is 0 Å². The lowest BCUT2D eigenvalue weighted by atomic mass is 10.1. The monoisotopic (exact) mass is 1320 g/mol. The lowest BCUT2D eigenvalue weighted by molar-refractivity contribution is 0.0724. The summed E-state index contributed by atoms with van der Waals surface area (Å²) in [5.74, 6) is 2.54. The van der Waals surface area contributed by atoms with E-state index in [9.17, 15) is 9.59 Å². The number of benzene rings is 5. The van der Waals surface area contributed by atoms with Crippen LogP contribution < -0.4 is 28.4 Å². The zero-order valence-corrected chi connectivity index (χ0v) is 60.0. The number of carbonyl (C=O) groups excluding carboxylic acids is 2. The normalized spacial score (nSPS) is 11.4. The average Bonchev–Trinajstić information content (AvgIpc) is 1.63. The number of nitrogens with zero attached hydrogens (tertiary/aromatic N) is 2. The number of thiazole rings is 2. The fraction of sp³-hybridized carbons (Fsp3) is 0.585. The number of aromatic nitrogens is 2. The van der Waals surface area contributed by atoms with Crippen molar-refractivity contribution in [2.24, 2.45) is 0 Å². The van der Waals surface area contributed by atoms with E-state index in [1.165, 1.54) is 205 Å². The topological polar surface area (TPSA) is 115 Å². The van der Waals surface area contributed by atoms with Gasteiger partial charge in [0.1, 0.15) is 21.5 Å². The molecular formula is C82H116N2O8S2. The number of hydrogen-bond donors (Lipinski definition) is 0. The predicted molar refractivity (Wildman–Crippen MR) is 396 cm³/mol. The van der Waals surface area contributed by atoms with Gasteiger partial charge in [-0.05, 0) is 123 Å². The zero-order valence-electron chi connectivity index (χ0n) is 58.3. The van der Waals surface area contributed by atoms with E-state index in [-0.39, 0.29) is 0 Å². The Labute approximate surface area is 574 Å². The number of carbonyl (C=O) groups is 2. The molecule has 12 heteroatoms. The summed E-state index contributed by atoms with van der Waals surface area (Å²) < 4.78 is 39.2. The number of ether oxygens (including phenoxy) is 6. The van der Waals surface area contributed by atoms with Crippen molar-refractivity contribution in [2.75, 3.05) is 26.4 Å². The van der Waals surface area contributed by atoms with Crippen molar-refractivity contribution < 1.29 is 38.0 Å². The van der Waals surface area contributed by atoms with Gasteiger partial charge in [-0.1, -0.05) is 259 Å². The molecule has 0 fully saturated rings. The highest BCUT2D eigenvalue weighted by Crippen LogP contribution is 2.39. The van der Waals surface area contributed by atoms with Gasteiger partial charge in [-0.15, -0.1) is 22.7 Å². The first kappa shape index (κ1) is 75.4. The molecule has 0 radical (unpaired) electrons. The number of fused-ring (bicyclic) bond motifs is 2. The molecule has 0 aliphatic carbocycles. The Balaban J connectivity index is 0.899. The molecule has 0 saturated heterocycles. The van der Waals surface area contributed by atoms with Crippen LogP contribution in [0.15, 0.2) is 97.1 Å². The smallest absolute Gasteiger partial charge is 0.343 e. The standard InChI is InChI=1S/C82H116N2O8S2/c1-5-9-13-17-21-25-29-33-37-41-57-87-73-55-49-67(61-75(73)89-59-43-39-35-31-27-23-19-15-11-7-3)81(85)91-69-51-45-65(46-52-69)79-83-71-63-78-72(64-77(71)93-79)84-80(94-78)66-47-53-70(54-48-66)92-82(86)68-50-56-74(88-58-42-38-34-30-26-22-18-14-10-6-2)76(62-68)90-60-44-40-36-32-28-24-20-16-12-8-4/h45-56,61-64H,5-44,57-60H2,1-4H3. The zero-order chi connectivity index (χ0) is 65.9. The maximum Gasteiger partial charge on any atom is 0.343 e. The quantitative estimate of drug-likeness (QED) is 0.0207. The number of unbranched alkanes of at least 4 members (excludes halogenated alkanes) is 36. The summed E-state index contributed by atoms with van der Waals surface area (Å²) in [6.45, 7) is 11.5. The molecule has 7 rings (SSSR count). The highest BCUT2D eigenvalue weighted by atomic mass is 32.1. The predicted octanol–water partition coefficient (Wildman–Crippen LogP) is 25.9. The highest BCUT2D eigenvalue weighted by molar-refractivity contribution is 7.23. The molecule has 0 aliphatic heterocycles.